The molecule has 0 atom stereocenters. The van der Waals surface area contributed by atoms with Crippen molar-refractivity contribution in [3.05, 3.63) is 47.8 Å². The predicted octanol–water partition coefficient (Wildman–Crippen LogP) is 3.09. The Hall–Kier alpha value is -2.03. The Labute approximate surface area is 93.2 Å². The highest BCUT2D eigenvalue weighted by molar-refractivity contribution is 5.77. The van der Waals surface area contributed by atoms with Gasteiger partial charge in [0.25, 0.3) is 0 Å². The van der Waals surface area contributed by atoms with Gasteiger partial charge >= 0.3 is 0 Å². The standard InChI is InChI=1S/C13H12FNO/c1-8-3-2-4-9(5-8)11-6-10(14)7-12(15)13(11)16/h2-7,16H,15H2,1H3. The fourth-order valence-corrected chi connectivity index (χ4v) is 1.65. The van der Waals surface area contributed by atoms with Crippen molar-refractivity contribution < 1.29 is 9.50 Å². The first-order valence-electron chi connectivity index (χ1n) is 4.93. The molecule has 2 aromatic carbocycles. The van der Waals surface area contributed by atoms with Gasteiger partial charge in [-0.15, -0.1) is 0 Å². The van der Waals surface area contributed by atoms with Crippen molar-refractivity contribution in [3.8, 4) is 16.9 Å². The Morgan fingerprint density at radius 2 is 1.94 bits per heavy atom. The first-order valence-corrected chi connectivity index (χ1v) is 4.93. The number of phenols is 1. The molecule has 0 aliphatic heterocycles. The summed E-state index contributed by atoms with van der Waals surface area (Å²) < 4.78 is 13.2. The van der Waals surface area contributed by atoms with Crippen molar-refractivity contribution in [2.45, 2.75) is 6.92 Å². The molecule has 2 aromatic rings. The number of benzene rings is 2. The Kier molecular flexibility index (Phi) is 2.52. The second-order valence-electron chi connectivity index (χ2n) is 3.76. The molecule has 0 unspecified atom stereocenters. The molecule has 0 heterocycles. The summed E-state index contributed by atoms with van der Waals surface area (Å²) >= 11 is 0. The van der Waals surface area contributed by atoms with Crippen molar-refractivity contribution in [3.63, 3.8) is 0 Å². The van der Waals surface area contributed by atoms with E-state index in [1.165, 1.54) is 6.07 Å². The average Bonchev–Trinajstić information content (AvgIpc) is 2.23. The molecule has 0 saturated carbocycles. The zero-order valence-corrected chi connectivity index (χ0v) is 8.87. The fraction of sp³-hybridized carbons (Fsp3) is 0.0769. The van der Waals surface area contributed by atoms with Crippen LogP contribution >= 0.6 is 0 Å². The summed E-state index contributed by atoms with van der Waals surface area (Å²) in [6, 6.07) is 9.85. The van der Waals surface area contributed by atoms with E-state index < -0.39 is 5.82 Å². The van der Waals surface area contributed by atoms with Crippen LogP contribution < -0.4 is 5.73 Å². The molecule has 0 radical (unpaired) electrons. The number of nitrogen functional groups attached to an aromatic ring is 1. The van der Waals surface area contributed by atoms with E-state index in [2.05, 4.69) is 0 Å². The van der Waals surface area contributed by atoms with E-state index in [1.54, 1.807) is 6.07 Å². The minimum absolute atomic E-state index is 0.0523. The summed E-state index contributed by atoms with van der Waals surface area (Å²) in [5.41, 5.74) is 7.77. The van der Waals surface area contributed by atoms with Gasteiger partial charge in [0.15, 0.2) is 0 Å². The van der Waals surface area contributed by atoms with Crippen molar-refractivity contribution >= 4 is 5.69 Å². The highest BCUT2D eigenvalue weighted by Crippen LogP contribution is 2.34. The Morgan fingerprint density at radius 3 is 2.62 bits per heavy atom. The van der Waals surface area contributed by atoms with Crippen molar-refractivity contribution in [1.82, 2.24) is 0 Å². The summed E-state index contributed by atoms with van der Waals surface area (Å²) in [5, 5.41) is 9.77. The van der Waals surface area contributed by atoms with Gasteiger partial charge < -0.3 is 10.8 Å². The van der Waals surface area contributed by atoms with Crippen LogP contribution in [0.3, 0.4) is 0 Å². The quantitative estimate of drug-likeness (QED) is 0.569. The van der Waals surface area contributed by atoms with Crippen LogP contribution in [0.4, 0.5) is 10.1 Å². The SMILES string of the molecule is Cc1cccc(-c2cc(F)cc(N)c2O)c1. The molecule has 0 aliphatic carbocycles. The summed E-state index contributed by atoms with van der Waals surface area (Å²) in [6.45, 7) is 1.93. The number of phenolic OH excluding ortho intramolecular Hbond substituents is 1. The van der Waals surface area contributed by atoms with E-state index in [1.807, 2.05) is 25.1 Å². The lowest BCUT2D eigenvalue weighted by Gasteiger charge is -2.08. The number of rotatable bonds is 1. The van der Waals surface area contributed by atoms with Crippen molar-refractivity contribution in [1.29, 1.82) is 0 Å². The first kappa shape index (κ1) is 10.5. The van der Waals surface area contributed by atoms with Crippen molar-refractivity contribution in [2.24, 2.45) is 0 Å². The van der Waals surface area contributed by atoms with Gasteiger partial charge in [0.1, 0.15) is 11.6 Å². The van der Waals surface area contributed by atoms with E-state index >= 15 is 0 Å². The van der Waals surface area contributed by atoms with Crippen LogP contribution in [0.15, 0.2) is 36.4 Å². The number of aromatic hydroxyl groups is 1. The number of aryl methyl sites for hydroxylation is 1. The molecule has 0 fully saturated rings. The maximum absolute atomic E-state index is 13.2. The smallest absolute Gasteiger partial charge is 0.146 e. The third-order valence-corrected chi connectivity index (χ3v) is 2.43. The highest BCUT2D eigenvalue weighted by atomic mass is 19.1. The van der Waals surface area contributed by atoms with Gasteiger partial charge in [-0.25, -0.2) is 4.39 Å². The molecule has 0 bridgehead atoms. The lowest BCUT2D eigenvalue weighted by atomic mass is 10.0. The van der Waals surface area contributed by atoms with Crippen LogP contribution in [0.25, 0.3) is 11.1 Å². The molecule has 0 saturated heterocycles. The monoisotopic (exact) mass is 217 g/mol. The number of hydrogen-bond acceptors (Lipinski definition) is 2. The maximum atomic E-state index is 13.2. The lowest BCUT2D eigenvalue weighted by molar-refractivity contribution is 0.478. The second kappa shape index (κ2) is 3.85. The fourth-order valence-electron chi connectivity index (χ4n) is 1.65. The number of nitrogens with two attached hydrogens (primary N) is 1. The molecule has 0 amide bonds. The van der Waals surface area contributed by atoms with Crippen LogP contribution in [0.1, 0.15) is 5.56 Å². The third-order valence-electron chi connectivity index (χ3n) is 2.43. The van der Waals surface area contributed by atoms with E-state index in [-0.39, 0.29) is 11.4 Å². The lowest BCUT2D eigenvalue weighted by Crippen LogP contribution is -1.90. The Morgan fingerprint density at radius 1 is 1.19 bits per heavy atom. The van der Waals surface area contributed by atoms with Gasteiger partial charge in [0.05, 0.1) is 5.69 Å². The van der Waals surface area contributed by atoms with Crippen LogP contribution in [-0.2, 0) is 0 Å². The molecule has 0 aliphatic rings. The number of hydrogen-bond donors (Lipinski definition) is 2. The van der Waals surface area contributed by atoms with Gasteiger partial charge in [-0.05, 0) is 18.6 Å². The summed E-state index contributed by atoms with van der Waals surface area (Å²) in [4.78, 5) is 0. The minimum Gasteiger partial charge on any atom is -0.505 e. The highest BCUT2D eigenvalue weighted by Gasteiger charge is 2.09. The zero-order chi connectivity index (χ0) is 11.7. The van der Waals surface area contributed by atoms with E-state index in [0.717, 1.165) is 17.2 Å². The summed E-state index contributed by atoms with van der Waals surface area (Å²) in [6.07, 6.45) is 0. The molecule has 82 valence electrons. The second-order valence-corrected chi connectivity index (χ2v) is 3.76. The van der Waals surface area contributed by atoms with E-state index in [4.69, 9.17) is 5.73 Å². The molecule has 0 aromatic heterocycles. The minimum atomic E-state index is -0.452. The number of halogens is 1. The number of anilines is 1. The normalized spacial score (nSPS) is 10.4. The van der Waals surface area contributed by atoms with E-state index in [0.29, 0.717) is 5.56 Å². The van der Waals surface area contributed by atoms with Gasteiger partial charge in [-0.1, -0.05) is 29.8 Å². The van der Waals surface area contributed by atoms with Gasteiger partial charge in [-0.2, -0.15) is 0 Å². The molecule has 16 heavy (non-hydrogen) atoms. The molecule has 0 spiro atoms. The first-order chi connectivity index (χ1) is 7.58. The molecule has 2 rings (SSSR count). The Balaban J connectivity index is 2.64. The molecule has 3 heteroatoms. The Bertz CT molecular complexity index is 537. The third kappa shape index (κ3) is 1.84. The topological polar surface area (TPSA) is 46.2 Å². The molecule has 2 nitrogen and oxygen atoms in total. The average molecular weight is 217 g/mol. The molecule has 3 N–H and O–H groups in total. The van der Waals surface area contributed by atoms with Crippen molar-refractivity contribution in [2.75, 3.05) is 5.73 Å². The van der Waals surface area contributed by atoms with Crippen LogP contribution in [0.2, 0.25) is 0 Å². The van der Waals surface area contributed by atoms with Gasteiger partial charge in [0.2, 0.25) is 0 Å². The molecular formula is C13H12FNO. The summed E-state index contributed by atoms with van der Waals surface area (Å²) in [5.74, 6) is -0.529. The van der Waals surface area contributed by atoms with Crippen LogP contribution in [0, 0.1) is 12.7 Å². The maximum Gasteiger partial charge on any atom is 0.146 e. The van der Waals surface area contributed by atoms with Gasteiger partial charge in [0, 0.05) is 11.6 Å². The predicted molar refractivity (Wildman–Crippen MR) is 62.7 cm³/mol. The van der Waals surface area contributed by atoms with Crippen LogP contribution in [0.5, 0.6) is 5.75 Å². The zero-order valence-electron chi connectivity index (χ0n) is 8.87. The van der Waals surface area contributed by atoms with E-state index in [9.17, 15) is 9.50 Å². The molecular weight excluding hydrogens is 205 g/mol. The van der Waals surface area contributed by atoms with Crippen LogP contribution in [-0.4, -0.2) is 5.11 Å². The summed E-state index contributed by atoms with van der Waals surface area (Å²) in [7, 11) is 0. The largest absolute Gasteiger partial charge is 0.505 e. The van der Waals surface area contributed by atoms with Gasteiger partial charge in [-0.3, -0.25) is 0 Å².